The topological polar surface area (TPSA) is 41.6 Å². The molecule has 3 rings (SSSR count). The summed E-state index contributed by atoms with van der Waals surface area (Å²) in [5.74, 6) is 2.72. The van der Waals surface area contributed by atoms with E-state index in [1.807, 2.05) is 42.5 Å². The number of amides is 1. The van der Waals surface area contributed by atoms with Crippen LogP contribution in [0.2, 0.25) is 0 Å². The van der Waals surface area contributed by atoms with Gasteiger partial charge in [0, 0.05) is 26.1 Å². The number of ether oxygens (including phenoxy) is 1. The van der Waals surface area contributed by atoms with Crippen LogP contribution in [0.25, 0.3) is 0 Å². The van der Waals surface area contributed by atoms with Crippen LogP contribution in [-0.2, 0) is 11.3 Å². The fraction of sp³-hybridized carbons (Fsp3) is 0.500. The Kier molecular flexibility index (Phi) is 9.23. The summed E-state index contributed by atoms with van der Waals surface area (Å²) in [6, 6.07) is 18.2. The number of hydrogen-bond acceptors (Lipinski definition) is 3. The molecule has 0 spiro atoms. The minimum Gasteiger partial charge on any atom is -0.457 e. The molecule has 1 amide bonds. The summed E-state index contributed by atoms with van der Waals surface area (Å²) in [6.45, 7) is 5.79. The zero-order chi connectivity index (χ0) is 21.0. The lowest BCUT2D eigenvalue weighted by atomic mass is 10.0. The fourth-order valence-corrected chi connectivity index (χ4v) is 4.19. The van der Waals surface area contributed by atoms with Crippen molar-refractivity contribution < 1.29 is 9.53 Å². The minimum absolute atomic E-state index is 0.218. The number of rotatable bonds is 12. The molecular formula is C26H36N2O2. The number of hydrogen-bond donors (Lipinski definition) is 1. The Morgan fingerprint density at radius 2 is 1.83 bits per heavy atom. The van der Waals surface area contributed by atoms with E-state index in [2.05, 4.69) is 29.3 Å². The van der Waals surface area contributed by atoms with Gasteiger partial charge >= 0.3 is 0 Å². The molecule has 0 heterocycles. The van der Waals surface area contributed by atoms with Crippen molar-refractivity contribution in [2.24, 2.45) is 5.92 Å². The number of carbonyl (C=O) groups excluding carboxylic acids is 1. The Morgan fingerprint density at radius 3 is 2.60 bits per heavy atom. The number of para-hydroxylation sites is 1. The molecule has 0 aromatic heterocycles. The lowest BCUT2D eigenvalue weighted by molar-refractivity contribution is -0.121. The maximum Gasteiger partial charge on any atom is 0.220 e. The largest absolute Gasteiger partial charge is 0.457 e. The molecule has 0 radical (unpaired) electrons. The molecule has 2 aromatic carbocycles. The van der Waals surface area contributed by atoms with Crippen LogP contribution >= 0.6 is 0 Å². The van der Waals surface area contributed by atoms with E-state index in [0.29, 0.717) is 6.42 Å². The summed E-state index contributed by atoms with van der Waals surface area (Å²) in [5, 5.41) is 3.10. The first-order chi connectivity index (χ1) is 14.7. The predicted molar refractivity (Wildman–Crippen MR) is 123 cm³/mol. The summed E-state index contributed by atoms with van der Waals surface area (Å²) >= 11 is 0. The first-order valence-electron chi connectivity index (χ1n) is 11.5. The smallest absolute Gasteiger partial charge is 0.220 e. The van der Waals surface area contributed by atoms with Gasteiger partial charge in [-0.15, -0.1) is 0 Å². The zero-order valence-electron chi connectivity index (χ0n) is 18.3. The van der Waals surface area contributed by atoms with E-state index in [1.165, 1.54) is 31.2 Å². The predicted octanol–water partition coefficient (Wildman–Crippen LogP) is 5.78. The molecule has 0 unspecified atom stereocenters. The Hall–Kier alpha value is -2.33. The molecule has 30 heavy (non-hydrogen) atoms. The molecule has 4 heteroatoms. The molecule has 1 saturated carbocycles. The maximum atomic E-state index is 12.1. The second kappa shape index (κ2) is 12.4. The van der Waals surface area contributed by atoms with Gasteiger partial charge in [-0.1, -0.05) is 62.9 Å². The standard InChI is InChI=1S/C26H36N2O2/c1-2-28(19-9-18-27-26(29)17-16-22-10-6-7-11-22)21-23-12-8-15-25(20-23)30-24-13-4-3-5-14-24/h3-5,8,12-15,20,22H,2,6-7,9-11,16-19,21H2,1H3,(H,27,29). The fourth-order valence-electron chi connectivity index (χ4n) is 4.19. The minimum atomic E-state index is 0.218. The van der Waals surface area contributed by atoms with Crippen LogP contribution in [0.3, 0.4) is 0 Å². The monoisotopic (exact) mass is 408 g/mol. The Morgan fingerprint density at radius 1 is 1.07 bits per heavy atom. The third kappa shape index (κ3) is 7.83. The lowest BCUT2D eigenvalue weighted by Crippen LogP contribution is -2.29. The molecule has 162 valence electrons. The highest BCUT2D eigenvalue weighted by molar-refractivity contribution is 5.75. The number of benzene rings is 2. The molecule has 1 aliphatic rings. The van der Waals surface area contributed by atoms with Crippen molar-refractivity contribution >= 4 is 5.91 Å². The molecule has 0 bridgehead atoms. The summed E-state index contributed by atoms with van der Waals surface area (Å²) in [6.07, 6.45) is 8.06. The molecule has 4 nitrogen and oxygen atoms in total. The molecule has 1 N–H and O–H groups in total. The number of nitrogens with zero attached hydrogens (tertiary/aromatic N) is 1. The van der Waals surface area contributed by atoms with Crippen LogP contribution in [-0.4, -0.2) is 30.4 Å². The van der Waals surface area contributed by atoms with Crippen LogP contribution in [0.1, 0.15) is 57.4 Å². The van der Waals surface area contributed by atoms with Crippen LogP contribution in [0.5, 0.6) is 11.5 Å². The zero-order valence-corrected chi connectivity index (χ0v) is 18.3. The summed E-state index contributed by atoms with van der Waals surface area (Å²) in [5.41, 5.74) is 1.24. The molecule has 0 aliphatic heterocycles. The van der Waals surface area contributed by atoms with E-state index in [0.717, 1.165) is 56.4 Å². The van der Waals surface area contributed by atoms with E-state index in [4.69, 9.17) is 4.74 Å². The first kappa shape index (κ1) is 22.4. The molecule has 1 fully saturated rings. The van der Waals surface area contributed by atoms with Gasteiger partial charge in [0.25, 0.3) is 0 Å². The number of carbonyl (C=O) groups is 1. The van der Waals surface area contributed by atoms with Crippen molar-refractivity contribution in [3.63, 3.8) is 0 Å². The Labute approximate surface area is 181 Å². The second-order valence-electron chi connectivity index (χ2n) is 8.32. The highest BCUT2D eigenvalue weighted by Crippen LogP contribution is 2.28. The van der Waals surface area contributed by atoms with Gasteiger partial charge < -0.3 is 10.1 Å². The second-order valence-corrected chi connectivity index (χ2v) is 8.32. The maximum absolute atomic E-state index is 12.1. The van der Waals surface area contributed by atoms with Crippen molar-refractivity contribution in [2.45, 2.75) is 58.4 Å². The quantitative estimate of drug-likeness (QED) is 0.453. The van der Waals surface area contributed by atoms with Crippen LogP contribution < -0.4 is 10.1 Å². The van der Waals surface area contributed by atoms with Gasteiger partial charge in [0.15, 0.2) is 0 Å². The molecule has 2 aromatic rings. The molecular weight excluding hydrogens is 372 g/mol. The Bertz CT molecular complexity index is 757. The third-order valence-corrected chi connectivity index (χ3v) is 5.96. The summed E-state index contributed by atoms with van der Waals surface area (Å²) in [4.78, 5) is 14.5. The van der Waals surface area contributed by atoms with Crippen molar-refractivity contribution in [1.82, 2.24) is 10.2 Å². The Balaban J connectivity index is 1.36. The van der Waals surface area contributed by atoms with E-state index < -0.39 is 0 Å². The summed E-state index contributed by atoms with van der Waals surface area (Å²) in [7, 11) is 0. The molecule has 0 atom stereocenters. The highest BCUT2D eigenvalue weighted by atomic mass is 16.5. The molecule has 1 aliphatic carbocycles. The third-order valence-electron chi connectivity index (χ3n) is 5.96. The number of nitrogens with one attached hydrogen (secondary N) is 1. The van der Waals surface area contributed by atoms with E-state index >= 15 is 0 Å². The van der Waals surface area contributed by atoms with Gasteiger partial charge in [0.05, 0.1) is 0 Å². The van der Waals surface area contributed by atoms with E-state index in [9.17, 15) is 4.79 Å². The summed E-state index contributed by atoms with van der Waals surface area (Å²) < 4.78 is 5.95. The van der Waals surface area contributed by atoms with Crippen molar-refractivity contribution in [3.8, 4) is 11.5 Å². The van der Waals surface area contributed by atoms with Gasteiger partial charge in [-0.3, -0.25) is 9.69 Å². The van der Waals surface area contributed by atoms with Gasteiger partial charge in [-0.05, 0) is 55.1 Å². The normalized spacial score (nSPS) is 14.2. The van der Waals surface area contributed by atoms with E-state index in [1.54, 1.807) is 0 Å². The van der Waals surface area contributed by atoms with Crippen LogP contribution in [0.4, 0.5) is 0 Å². The van der Waals surface area contributed by atoms with Crippen molar-refractivity contribution in [3.05, 3.63) is 60.2 Å². The van der Waals surface area contributed by atoms with E-state index in [-0.39, 0.29) is 5.91 Å². The van der Waals surface area contributed by atoms with Gasteiger partial charge in [-0.2, -0.15) is 0 Å². The average molecular weight is 409 g/mol. The van der Waals surface area contributed by atoms with Crippen LogP contribution in [0, 0.1) is 5.92 Å². The highest BCUT2D eigenvalue weighted by Gasteiger charge is 2.16. The van der Waals surface area contributed by atoms with Crippen LogP contribution in [0.15, 0.2) is 54.6 Å². The van der Waals surface area contributed by atoms with Crippen molar-refractivity contribution in [1.29, 1.82) is 0 Å². The lowest BCUT2D eigenvalue weighted by Gasteiger charge is -2.21. The molecule has 0 saturated heterocycles. The van der Waals surface area contributed by atoms with Gasteiger partial charge in [0.2, 0.25) is 5.91 Å². The van der Waals surface area contributed by atoms with Gasteiger partial charge in [0.1, 0.15) is 11.5 Å². The SMILES string of the molecule is CCN(CCCNC(=O)CCC1CCCC1)Cc1cccc(Oc2ccccc2)c1. The average Bonchev–Trinajstić information content (AvgIpc) is 3.29. The van der Waals surface area contributed by atoms with Gasteiger partial charge in [-0.25, -0.2) is 0 Å². The first-order valence-corrected chi connectivity index (χ1v) is 11.5. The van der Waals surface area contributed by atoms with Crippen molar-refractivity contribution in [2.75, 3.05) is 19.6 Å².